The van der Waals surface area contributed by atoms with Gasteiger partial charge in [0.15, 0.2) is 0 Å². The van der Waals surface area contributed by atoms with E-state index in [1.54, 1.807) is 18.2 Å². The number of pyridine rings is 1. The van der Waals surface area contributed by atoms with E-state index in [2.05, 4.69) is 31.2 Å². The van der Waals surface area contributed by atoms with E-state index in [9.17, 15) is 18.0 Å². The van der Waals surface area contributed by atoms with Crippen molar-refractivity contribution in [2.75, 3.05) is 5.32 Å². The van der Waals surface area contributed by atoms with Crippen molar-refractivity contribution >= 4 is 71.5 Å². The van der Waals surface area contributed by atoms with Gasteiger partial charge in [-0.2, -0.15) is 0 Å². The lowest BCUT2D eigenvalue weighted by molar-refractivity contribution is 0.256. The van der Waals surface area contributed by atoms with Crippen molar-refractivity contribution in [3.05, 3.63) is 74.2 Å². The van der Waals surface area contributed by atoms with Gasteiger partial charge >= 0.3 is 6.03 Å². The second kappa shape index (κ2) is 8.38. The number of hydrogen-bond donors (Lipinski definition) is 2. The summed E-state index contributed by atoms with van der Waals surface area (Å²) >= 11 is 9.89. The molecule has 13 heteroatoms. The highest BCUT2D eigenvalue weighted by molar-refractivity contribution is 9.10. The zero-order valence-corrected chi connectivity index (χ0v) is 19.2. The first kappa shape index (κ1) is 21.4. The predicted molar refractivity (Wildman–Crippen MR) is 122 cm³/mol. The number of carbonyl (C=O) groups is 1. The lowest BCUT2D eigenvalue weighted by Crippen LogP contribution is -2.34. The summed E-state index contributed by atoms with van der Waals surface area (Å²) in [4.78, 5) is 33.2. The third-order valence-corrected chi connectivity index (χ3v) is 7.56. The van der Waals surface area contributed by atoms with Gasteiger partial charge < -0.3 is 5.32 Å². The van der Waals surface area contributed by atoms with Crippen LogP contribution in [-0.2, 0) is 10.0 Å². The highest BCUT2D eigenvalue weighted by Gasteiger charge is 2.20. The minimum atomic E-state index is -4.05. The smallest absolute Gasteiger partial charge is 0.306 e. The number of carbonyl (C=O) groups excluding carboxylic acids is 1. The van der Waals surface area contributed by atoms with Gasteiger partial charge in [0.1, 0.15) is 16.4 Å². The molecule has 0 aliphatic rings. The number of benzene rings is 1. The molecule has 4 rings (SSSR count). The fourth-order valence-electron chi connectivity index (χ4n) is 2.63. The number of rotatable bonds is 4. The standard InChI is InChI=1S/C18H11BrClN5O4S2/c19-10-1-3-13-12(7-10)17(26)25(9-22-13)15-5-2-11(8-21-15)23-18(27)24-31(28,29)16-6-4-14(20)30-16/h1-9H,(H2,23,24,27). The minimum absolute atomic E-state index is 0.0871. The Morgan fingerprint density at radius 2 is 1.94 bits per heavy atom. The second-order valence-corrected chi connectivity index (χ2v) is 10.6. The summed E-state index contributed by atoms with van der Waals surface area (Å²) in [6, 6.07) is 9.91. The molecule has 0 aliphatic heterocycles. The number of hydrogen-bond acceptors (Lipinski definition) is 7. The number of thiophene rings is 1. The van der Waals surface area contributed by atoms with E-state index in [0.29, 0.717) is 10.9 Å². The molecule has 2 N–H and O–H groups in total. The SMILES string of the molecule is O=C(Nc1ccc(-n2cnc3ccc(Br)cc3c2=O)nc1)NS(=O)(=O)c1ccc(Cl)s1. The Kier molecular flexibility index (Phi) is 5.79. The number of nitrogens with zero attached hydrogens (tertiary/aromatic N) is 3. The van der Waals surface area contributed by atoms with Crippen molar-refractivity contribution < 1.29 is 13.2 Å². The minimum Gasteiger partial charge on any atom is -0.306 e. The molecule has 0 unspecified atom stereocenters. The van der Waals surface area contributed by atoms with Gasteiger partial charge in [0, 0.05) is 4.47 Å². The molecule has 0 spiro atoms. The number of sulfonamides is 1. The van der Waals surface area contributed by atoms with Crippen molar-refractivity contribution in [3.8, 4) is 5.82 Å². The van der Waals surface area contributed by atoms with E-state index >= 15 is 0 Å². The largest absolute Gasteiger partial charge is 0.333 e. The van der Waals surface area contributed by atoms with Gasteiger partial charge in [0.05, 0.1) is 27.1 Å². The lowest BCUT2D eigenvalue weighted by Gasteiger charge is -2.09. The summed E-state index contributed by atoms with van der Waals surface area (Å²) < 4.78 is 28.4. The van der Waals surface area contributed by atoms with Crippen LogP contribution in [0.5, 0.6) is 0 Å². The van der Waals surface area contributed by atoms with Crippen LogP contribution in [-0.4, -0.2) is 29.0 Å². The van der Waals surface area contributed by atoms with Crippen LogP contribution in [0, 0.1) is 0 Å². The third kappa shape index (κ3) is 4.61. The molecular weight excluding hydrogens is 530 g/mol. The Balaban J connectivity index is 1.52. The Bertz CT molecular complexity index is 1470. The van der Waals surface area contributed by atoms with Crippen molar-refractivity contribution in [1.29, 1.82) is 0 Å². The summed E-state index contributed by atoms with van der Waals surface area (Å²) in [6.45, 7) is 0. The van der Waals surface area contributed by atoms with E-state index in [4.69, 9.17) is 11.6 Å². The van der Waals surface area contributed by atoms with Crippen molar-refractivity contribution in [2.24, 2.45) is 0 Å². The fraction of sp³-hybridized carbons (Fsp3) is 0. The van der Waals surface area contributed by atoms with Crippen LogP contribution < -0.4 is 15.6 Å². The zero-order chi connectivity index (χ0) is 22.2. The molecule has 9 nitrogen and oxygen atoms in total. The first-order chi connectivity index (χ1) is 14.7. The molecule has 0 bridgehead atoms. The summed E-state index contributed by atoms with van der Waals surface area (Å²) in [6.07, 6.45) is 2.65. The number of fused-ring (bicyclic) bond motifs is 1. The Labute approximate surface area is 192 Å². The number of urea groups is 1. The monoisotopic (exact) mass is 539 g/mol. The van der Waals surface area contributed by atoms with E-state index in [-0.39, 0.29) is 25.6 Å². The maximum absolute atomic E-state index is 12.7. The van der Waals surface area contributed by atoms with Crippen LogP contribution in [0.1, 0.15) is 0 Å². The Morgan fingerprint density at radius 1 is 1.13 bits per heavy atom. The number of halogens is 2. The molecule has 4 aromatic rings. The molecule has 0 fully saturated rings. The Hall–Kier alpha value is -2.80. The van der Waals surface area contributed by atoms with E-state index in [1.165, 1.54) is 41.4 Å². The predicted octanol–water partition coefficient (Wildman–Crippen LogP) is 3.77. The molecule has 1 aromatic carbocycles. The molecule has 31 heavy (non-hydrogen) atoms. The van der Waals surface area contributed by atoms with Crippen LogP contribution in [0.2, 0.25) is 4.34 Å². The first-order valence-electron chi connectivity index (χ1n) is 8.45. The van der Waals surface area contributed by atoms with Crippen LogP contribution in [0.15, 0.2) is 68.5 Å². The van der Waals surface area contributed by atoms with Crippen LogP contribution in [0.4, 0.5) is 10.5 Å². The summed E-state index contributed by atoms with van der Waals surface area (Å²) in [7, 11) is -4.05. The van der Waals surface area contributed by atoms with Gasteiger partial charge in [-0.1, -0.05) is 27.5 Å². The maximum atomic E-state index is 12.7. The highest BCUT2D eigenvalue weighted by Crippen LogP contribution is 2.25. The summed E-state index contributed by atoms with van der Waals surface area (Å²) in [5.41, 5.74) is 0.468. The van der Waals surface area contributed by atoms with E-state index in [1.807, 2.05) is 4.72 Å². The van der Waals surface area contributed by atoms with Gasteiger partial charge in [-0.25, -0.2) is 27.9 Å². The quantitative estimate of drug-likeness (QED) is 0.406. The molecule has 0 aliphatic carbocycles. The van der Waals surface area contributed by atoms with Gasteiger partial charge in [0.2, 0.25) is 0 Å². The highest BCUT2D eigenvalue weighted by atomic mass is 79.9. The van der Waals surface area contributed by atoms with Gasteiger partial charge in [-0.05, 0) is 42.5 Å². The molecule has 3 heterocycles. The second-order valence-electron chi connectivity index (χ2n) is 6.10. The first-order valence-corrected chi connectivity index (χ1v) is 11.9. The molecule has 0 saturated heterocycles. The van der Waals surface area contributed by atoms with Crippen molar-refractivity contribution in [1.82, 2.24) is 19.3 Å². The average Bonchev–Trinajstić information content (AvgIpc) is 3.16. The van der Waals surface area contributed by atoms with Crippen molar-refractivity contribution in [2.45, 2.75) is 4.21 Å². The number of aromatic nitrogens is 3. The molecule has 0 atom stereocenters. The molecule has 2 amide bonds. The topological polar surface area (TPSA) is 123 Å². The number of amides is 2. The molecular formula is C18H11BrClN5O4S2. The summed E-state index contributed by atoms with van der Waals surface area (Å²) in [5, 5.41) is 2.79. The zero-order valence-electron chi connectivity index (χ0n) is 15.2. The van der Waals surface area contributed by atoms with Gasteiger partial charge in [0.25, 0.3) is 15.6 Å². The molecule has 158 valence electrons. The lowest BCUT2D eigenvalue weighted by atomic mass is 10.2. The molecule has 0 saturated carbocycles. The van der Waals surface area contributed by atoms with Crippen LogP contribution in [0.3, 0.4) is 0 Å². The Morgan fingerprint density at radius 3 is 2.61 bits per heavy atom. The van der Waals surface area contributed by atoms with Crippen molar-refractivity contribution in [3.63, 3.8) is 0 Å². The maximum Gasteiger partial charge on any atom is 0.333 e. The van der Waals surface area contributed by atoms with Gasteiger partial charge in [-0.3, -0.25) is 9.36 Å². The fourth-order valence-corrected chi connectivity index (χ4v) is 5.38. The third-order valence-electron chi connectivity index (χ3n) is 4.01. The normalized spacial score (nSPS) is 11.4. The van der Waals surface area contributed by atoms with E-state index in [0.717, 1.165) is 15.8 Å². The van der Waals surface area contributed by atoms with E-state index < -0.39 is 16.1 Å². The van der Waals surface area contributed by atoms with Crippen LogP contribution >= 0.6 is 38.9 Å². The number of nitrogens with one attached hydrogen (secondary N) is 2. The summed E-state index contributed by atoms with van der Waals surface area (Å²) in [5.74, 6) is 0.284. The number of anilines is 1. The van der Waals surface area contributed by atoms with Gasteiger partial charge in [-0.15, -0.1) is 11.3 Å². The van der Waals surface area contributed by atoms with Crippen LogP contribution in [0.25, 0.3) is 16.7 Å². The molecule has 0 radical (unpaired) electrons. The molecule has 3 aromatic heterocycles. The average molecular weight is 541 g/mol.